The molecule has 0 aliphatic carbocycles. The summed E-state index contributed by atoms with van der Waals surface area (Å²) in [5, 5.41) is 20.9. The summed E-state index contributed by atoms with van der Waals surface area (Å²) in [6.07, 6.45) is 4.29. The van der Waals surface area contributed by atoms with Crippen LogP contribution in [0, 0.1) is 11.3 Å². The van der Waals surface area contributed by atoms with E-state index in [9.17, 15) is 10.1 Å². The summed E-state index contributed by atoms with van der Waals surface area (Å²) < 4.78 is 8.46. The molecule has 3 aromatic heterocycles. The quantitative estimate of drug-likeness (QED) is 0.671. The van der Waals surface area contributed by atoms with Crippen LogP contribution >= 0.6 is 11.6 Å². The lowest BCUT2D eigenvalue weighted by Gasteiger charge is -2.30. The van der Waals surface area contributed by atoms with Crippen molar-refractivity contribution in [2.24, 2.45) is 0 Å². The smallest absolute Gasteiger partial charge is 0.409 e. The van der Waals surface area contributed by atoms with Gasteiger partial charge < -0.3 is 4.74 Å². The normalized spacial score (nSPS) is 13.7. The van der Waals surface area contributed by atoms with Gasteiger partial charge in [0.05, 0.1) is 30.6 Å². The van der Waals surface area contributed by atoms with Crippen LogP contribution in [0.1, 0.15) is 34.1 Å². The number of alkyl carbamates (subject to hydrolysis) is 1. The Bertz CT molecular complexity index is 1060. The van der Waals surface area contributed by atoms with Crippen molar-refractivity contribution >= 4 is 23.3 Å². The van der Waals surface area contributed by atoms with Gasteiger partial charge in [0, 0.05) is 23.9 Å². The molecule has 10 heteroatoms. The van der Waals surface area contributed by atoms with Crippen molar-refractivity contribution < 1.29 is 9.53 Å². The fraction of sp³-hybridized carbons (Fsp3) is 0.389. The summed E-state index contributed by atoms with van der Waals surface area (Å²) in [6.45, 7) is 6.99. The van der Waals surface area contributed by atoms with Crippen LogP contribution in [0.4, 0.5) is 4.79 Å². The van der Waals surface area contributed by atoms with E-state index in [0.717, 1.165) is 0 Å². The lowest BCUT2D eigenvalue weighted by molar-refractivity contribution is 0.0399. The third kappa shape index (κ3) is 4.07. The number of hydrogen-bond donors (Lipinski definition) is 1. The largest absolute Gasteiger partial charge is 0.444 e. The second-order valence-corrected chi connectivity index (χ2v) is 7.86. The SMILES string of the molecule is CC(C)(C)OC(=O)NC(C)(CC#N)n1cc(-c2cc(Cl)nc3ccnn23)cn1. The molecule has 0 aromatic carbocycles. The average Bonchev–Trinajstić information content (AvgIpc) is 3.21. The third-order valence-electron chi connectivity index (χ3n) is 3.91. The predicted molar refractivity (Wildman–Crippen MR) is 102 cm³/mol. The van der Waals surface area contributed by atoms with E-state index in [2.05, 4.69) is 26.6 Å². The maximum atomic E-state index is 12.3. The zero-order valence-corrected chi connectivity index (χ0v) is 16.7. The molecular weight excluding hydrogens is 382 g/mol. The minimum Gasteiger partial charge on any atom is -0.444 e. The van der Waals surface area contributed by atoms with Gasteiger partial charge in [-0.25, -0.2) is 19.0 Å². The summed E-state index contributed by atoms with van der Waals surface area (Å²) in [4.78, 5) is 16.5. The van der Waals surface area contributed by atoms with Crippen molar-refractivity contribution in [3.05, 3.63) is 35.9 Å². The number of nitrogens with zero attached hydrogens (tertiary/aromatic N) is 6. The van der Waals surface area contributed by atoms with Crippen LogP contribution in [0.2, 0.25) is 5.15 Å². The third-order valence-corrected chi connectivity index (χ3v) is 4.10. The van der Waals surface area contributed by atoms with Crippen LogP contribution in [0.25, 0.3) is 16.9 Å². The Morgan fingerprint density at radius 3 is 2.79 bits per heavy atom. The molecule has 1 amide bonds. The van der Waals surface area contributed by atoms with Crippen molar-refractivity contribution in [3.63, 3.8) is 0 Å². The van der Waals surface area contributed by atoms with Gasteiger partial charge in [-0.3, -0.25) is 5.32 Å². The number of carbonyl (C=O) groups excluding carboxylic acids is 1. The van der Waals surface area contributed by atoms with E-state index >= 15 is 0 Å². The molecule has 1 N–H and O–H groups in total. The predicted octanol–water partition coefficient (Wildman–Crippen LogP) is 3.36. The molecule has 28 heavy (non-hydrogen) atoms. The molecule has 0 spiro atoms. The van der Waals surface area contributed by atoms with Crippen LogP contribution in [0.5, 0.6) is 0 Å². The molecular formula is C18H20ClN7O2. The molecule has 0 fully saturated rings. The Labute approximate surface area is 166 Å². The zero-order valence-electron chi connectivity index (χ0n) is 16.0. The monoisotopic (exact) mass is 401 g/mol. The Morgan fingerprint density at radius 1 is 1.36 bits per heavy atom. The number of hydrogen-bond acceptors (Lipinski definition) is 6. The summed E-state index contributed by atoms with van der Waals surface area (Å²) in [5.74, 6) is 0. The number of ether oxygens (including phenoxy) is 1. The van der Waals surface area contributed by atoms with Gasteiger partial charge in [-0.1, -0.05) is 11.6 Å². The number of carbonyl (C=O) groups is 1. The number of amides is 1. The molecule has 146 valence electrons. The number of nitriles is 1. The van der Waals surface area contributed by atoms with E-state index in [0.29, 0.717) is 22.1 Å². The minimum atomic E-state index is -1.10. The molecule has 0 radical (unpaired) electrons. The van der Waals surface area contributed by atoms with Gasteiger partial charge in [-0.2, -0.15) is 15.5 Å². The Morgan fingerprint density at radius 2 is 2.11 bits per heavy atom. The Kier molecular flexibility index (Phi) is 5.00. The molecule has 0 saturated carbocycles. The summed E-state index contributed by atoms with van der Waals surface area (Å²) in [5.41, 5.74) is 0.222. The standard InChI is InChI=1S/C18H20ClN7O2/c1-17(2,3)28-16(27)24-18(4,6-7-20)25-11-12(10-22-25)13-9-14(19)23-15-5-8-21-26(13)15/h5,8-11H,6H2,1-4H3,(H,24,27). The number of aromatic nitrogens is 5. The summed E-state index contributed by atoms with van der Waals surface area (Å²) in [7, 11) is 0. The van der Waals surface area contributed by atoms with Crippen LogP contribution in [-0.4, -0.2) is 36.1 Å². The first kappa shape index (κ1) is 19.6. The minimum absolute atomic E-state index is 0.0123. The lowest BCUT2D eigenvalue weighted by Crippen LogP contribution is -2.49. The van der Waals surface area contributed by atoms with E-state index in [4.69, 9.17) is 16.3 Å². The van der Waals surface area contributed by atoms with Crippen molar-refractivity contribution in [2.45, 2.75) is 45.4 Å². The topological polar surface area (TPSA) is 110 Å². The number of nitrogens with one attached hydrogen (secondary N) is 1. The molecule has 9 nitrogen and oxygen atoms in total. The first-order valence-corrected chi connectivity index (χ1v) is 8.93. The van der Waals surface area contributed by atoms with Gasteiger partial charge in [0.1, 0.15) is 16.4 Å². The zero-order chi connectivity index (χ0) is 20.5. The van der Waals surface area contributed by atoms with Gasteiger partial charge in [0.25, 0.3) is 0 Å². The van der Waals surface area contributed by atoms with Crippen molar-refractivity contribution in [1.29, 1.82) is 5.26 Å². The van der Waals surface area contributed by atoms with Gasteiger partial charge in [-0.15, -0.1) is 0 Å². The first-order chi connectivity index (χ1) is 13.1. The molecule has 3 heterocycles. The summed E-state index contributed by atoms with van der Waals surface area (Å²) in [6, 6.07) is 5.49. The number of halogens is 1. The molecule has 3 rings (SSSR count). The second kappa shape index (κ2) is 7.13. The number of fused-ring (bicyclic) bond motifs is 1. The Hall–Kier alpha value is -3.12. The van der Waals surface area contributed by atoms with Gasteiger partial charge in [-0.05, 0) is 27.7 Å². The fourth-order valence-corrected chi connectivity index (χ4v) is 2.86. The van der Waals surface area contributed by atoms with E-state index in [-0.39, 0.29) is 6.42 Å². The van der Waals surface area contributed by atoms with E-state index in [1.807, 2.05) is 0 Å². The second-order valence-electron chi connectivity index (χ2n) is 7.47. The molecule has 0 saturated heterocycles. The maximum Gasteiger partial charge on any atom is 0.409 e. The highest BCUT2D eigenvalue weighted by Gasteiger charge is 2.32. The van der Waals surface area contributed by atoms with E-state index < -0.39 is 17.4 Å². The van der Waals surface area contributed by atoms with Gasteiger partial charge in [0.2, 0.25) is 0 Å². The maximum absolute atomic E-state index is 12.3. The van der Waals surface area contributed by atoms with Crippen LogP contribution < -0.4 is 5.32 Å². The van der Waals surface area contributed by atoms with Gasteiger partial charge >= 0.3 is 6.09 Å². The highest BCUT2D eigenvalue weighted by Crippen LogP contribution is 2.25. The van der Waals surface area contributed by atoms with Crippen LogP contribution in [-0.2, 0) is 10.4 Å². The van der Waals surface area contributed by atoms with E-state index in [1.54, 1.807) is 62.9 Å². The fourth-order valence-electron chi connectivity index (χ4n) is 2.67. The summed E-state index contributed by atoms with van der Waals surface area (Å²) >= 11 is 6.11. The van der Waals surface area contributed by atoms with Crippen LogP contribution in [0.3, 0.4) is 0 Å². The lowest BCUT2D eigenvalue weighted by atomic mass is 10.1. The van der Waals surface area contributed by atoms with E-state index in [1.165, 1.54) is 4.68 Å². The first-order valence-electron chi connectivity index (χ1n) is 8.55. The average molecular weight is 402 g/mol. The molecule has 0 aliphatic rings. The van der Waals surface area contributed by atoms with Crippen molar-refractivity contribution in [2.75, 3.05) is 0 Å². The molecule has 1 atom stereocenters. The van der Waals surface area contributed by atoms with Gasteiger partial charge in [0.15, 0.2) is 5.65 Å². The highest BCUT2D eigenvalue weighted by molar-refractivity contribution is 6.29. The Balaban J connectivity index is 1.96. The van der Waals surface area contributed by atoms with Crippen molar-refractivity contribution in [1.82, 2.24) is 29.7 Å². The number of rotatable bonds is 4. The molecule has 1 unspecified atom stereocenters. The molecule has 3 aromatic rings. The molecule has 0 aliphatic heterocycles. The highest BCUT2D eigenvalue weighted by atomic mass is 35.5. The molecule has 0 bridgehead atoms. The van der Waals surface area contributed by atoms with Crippen LogP contribution in [0.15, 0.2) is 30.7 Å². The van der Waals surface area contributed by atoms with Crippen molar-refractivity contribution in [3.8, 4) is 17.3 Å².